The van der Waals surface area contributed by atoms with Gasteiger partial charge in [0.25, 0.3) is 0 Å². The van der Waals surface area contributed by atoms with Crippen LogP contribution in [0.25, 0.3) is 0 Å². The van der Waals surface area contributed by atoms with E-state index >= 15 is 0 Å². The van der Waals surface area contributed by atoms with Gasteiger partial charge in [0.15, 0.2) is 0 Å². The third-order valence-corrected chi connectivity index (χ3v) is 6.31. The number of thiophene rings is 1. The topological polar surface area (TPSA) is 32.7 Å². The number of benzene rings is 1. The Hall–Kier alpha value is -1.07. The van der Waals surface area contributed by atoms with Crippen molar-refractivity contribution in [2.45, 2.75) is 45.8 Å². The number of β-amino-alcohol motifs (C(OH)–C–C–N with tert-alkyl or cyclic N) is 1. The smallest absolute Gasteiger partial charge is 0.120 e. The van der Waals surface area contributed by atoms with Gasteiger partial charge >= 0.3 is 0 Å². The fraction of sp³-hybridized carbons (Fsp3) is 0.500. The van der Waals surface area contributed by atoms with Crippen molar-refractivity contribution in [1.82, 2.24) is 4.90 Å². The number of likely N-dealkylation sites (tertiary alicyclic amines) is 1. The molecular formula is C20H26ClNO2S. The summed E-state index contributed by atoms with van der Waals surface area (Å²) in [5.74, 6) is 0.777. The first-order valence-corrected chi connectivity index (χ1v) is 9.94. The number of hydrogen-bond acceptors (Lipinski definition) is 4. The molecule has 0 saturated carbocycles. The van der Waals surface area contributed by atoms with Crippen molar-refractivity contribution in [3.63, 3.8) is 0 Å². The average molecular weight is 380 g/mol. The van der Waals surface area contributed by atoms with Gasteiger partial charge in [0.1, 0.15) is 18.0 Å². The minimum absolute atomic E-state index is 0.313. The summed E-state index contributed by atoms with van der Waals surface area (Å²) in [5, 5.41) is 11.8. The lowest BCUT2D eigenvalue weighted by Crippen LogP contribution is -2.51. The van der Waals surface area contributed by atoms with E-state index in [1.807, 2.05) is 37.3 Å². The lowest BCUT2D eigenvalue weighted by Gasteiger charge is -2.38. The normalized spacial score (nSPS) is 21.5. The number of aryl methyl sites for hydroxylation is 3. The Labute approximate surface area is 159 Å². The number of rotatable bonds is 5. The van der Waals surface area contributed by atoms with Gasteiger partial charge in [0.05, 0.1) is 0 Å². The molecule has 1 fully saturated rings. The van der Waals surface area contributed by atoms with Crippen LogP contribution in [0.1, 0.15) is 33.7 Å². The molecular weight excluding hydrogens is 354 g/mol. The molecule has 136 valence electrons. The van der Waals surface area contributed by atoms with Gasteiger partial charge in [-0.1, -0.05) is 11.6 Å². The molecule has 25 heavy (non-hydrogen) atoms. The number of hydrogen-bond donors (Lipinski definition) is 1. The molecule has 1 aromatic heterocycles. The quantitative estimate of drug-likeness (QED) is 0.814. The summed E-state index contributed by atoms with van der Waals surface area (Å²) >= 11 is 8.04. The molecule has 1 saturated heterocycles. The fourth-order valence-electron chi connectivity index (χ4n) is 3.46. The van der Waals surface area contributed by atoms with E-state index in [1.165, 1.54) is 9.75 Å². The highest BCUT2D eigenvalue weighted by Gasteiger charge is 2.34. The second kappa shape index (κ2) is 7.67. The molecule has 1 aliphatic rings. The highest BCUT2D eigenvalue weighted by molar-refractivity contribution is 7.11. The van der Waals surface area contributed by atoms with Crippen LogP contribution in [0.2, 0.25) is 5.02 Å². The van der Waals surface area contributed by atoms with Crippen LogP contribution in [0.15, 0.2) is 24.3 Å². The molecule has 1 N–H and O–H groups in total. The molecule has 0 spiro atoms. The summed E-state index contributed by atoms with van der Waals surface area (Å²) in [6, 6.07) is 8.22. The molecule has 1 unspecified atom stereocenters. The number of piperidine rings is 1. The Bertz CT molecular complexity index is 722. The largest absolute Gasteiger partial charge is 0.491 e. The SMILES string of the molecule is Cc1ccc(CN2CCCC(O)(COc3cc(C)c(Cl)c(C)c3)C2)s1. The van der Waals surface area contributed by atoms with Crippen molar-refractivity contribution in [2.75, 3.05) is 19.7 Å². The van der Waals surface area contributed by atoms with Crippen LogP contribution >= 0.6 is 22.9 Å². The summed E-state index contributed by atoms with van der Waals surface area (Å²) in [6.07, 6.45) is 1.77. The Morgan fingerprint density at radius 2 is 1.96 bits per heavy atom. The van der Waals surface area contributed by atoms with Gasteiger partial charge in [-0.3, -0.25) is 4.90 Å². The Morgan fingerprint density at radius 3 is 2.60 bits per heavy atom. The number of ether oxygens (including phenoxy) is 1. The van der Waals surface area contributed by atoms with Gasteiger partial charge in [-0.2, -0.15) is 0 Å². The number of nitrogens with zero attached hydrogens (tertiary/aromatic N) is 1. The summed E-state index contributed by atoms with van der Waals surface area (Å²) in [7, 11) is 0. The maximum Gasteiger partial charge on any atom is 0.120 e. The van der Waals surface area contributed by atoms with Gasteiger partial charge in [0.2, 0.25) is 0 Å². The minimum atomic E-state index is -0.800. The zero-order valence-electron chi connectivity index (χ0n) is 15.1. The van der Waals surface area contributed by atoms with Crippen LogP contribution in [0.3, 0.4) is 0 Å². The van der Waals surface area contributed by atoms with Gasteiger partial charge in [-0.15, -0.1) is 11.3 Å². The standard InChI is InChI=1S/C20H26ClNO2S/c1-14-9-17(10-15(2)19(14)21)24-13-20(23)7-4-8-22(12-20)11-18-6-5-16(3)25-18/h5-6,9-10,23H,4,7-8,11-13H2,1-3H3. The molecule has 3 rings (SSSR count). The van der Waals surface area contributed by atoms with Gasteiger partial charge in [-0.05, 0) is 75.5 Å². The summed E-state index contributed by atoms with van der Waals surface area (Å²) < 4.78 is 5.94. The van der Waals surface area contributed by atoms with E-state index in [4.69, 9.17) is 16.3 Å². The molecule has 3 nitrogen and oxygen atoms in total. The molecule has 1 aromatic carbocycles. The summed E-state index contributed by atoms with van der Waals surface area (Å²) in [6.45, 7) is 8.97. The van der Waals surface area contributed by atoms with E-state index in [9.17, 15) is 5.11 Å². The predicted octanol–water partition coefficient (Wildman–Crippen LogP) is 4.73. The van der Waals surface area contributed by atoms with Crippen LogP contribution in [-0.2, 0) is 6.54 Å². The first kappa shape index (κ1) is 18.7. The first-order chi connectivity index (χ1) is 11.8. The van der Waals surface area contributed by atoms with Gasteiger partial charge in [-0.25, -0.2) is 0 Å². The summed E-state index contributed by atoms with van der Waals surface area (Å²) in [5.41, 5.74) is 1.20. The maximum absolute atomic E-state index is 11.0. The molecule has 2 aromatic rings. The maximum atomic E-state index is 11.0. The molecule has 5 heteroatoms. The third kappa shape index (κ3) is 4.76. The van der Waals surface area contributed by atoms with Crippen molar-refractivity contribution in [2.24, 2.45) is 0 Å². The highest BCUT2D eigenvalue weighted by atomic mass is 35.5. The average Bonchev–Trinajstić information content (AvgIpc) is 2.95. The molecule has 1 atom stereocenters. The van der Waals surface area contributed by atoms with Crippen LogP contribution in [0, 0.1) is 20.8 Å². The van der Waals surface area contributed by atoms with Crippen molar-refractivity contribution in [3.8, 4) is 5.75 Å². The van der Waals surface area contributed by atoms with Crippen molar-refractivity contribution in [3.05, 3.63) is 50.2 Å². The molecule has 2 heterocycles. The monoisotopic (exact) mass is 379 g/mol. The number of halogens is 1. The van der Waals surface area contributed by atoms with Gasteiger partial charge in [0, 0.05) is 27.9 Å². The first-order valence-electron chi connectivity index (χ1n) is 8.74. The Balaban J connectivity index is 1.61. The third-order valence-electron chi connectivity index (χ3n) is 4.73. The van der Waals surface area contributed by atoms with Crippen LogP contribution in [0.4, 0.5) is 0 Å². The second-order valence-electron chi connectivity index (χ2n) is 7.21. The molecule has 1 aliphatic heterocycles. The molecule has 0 amide bonds. The van der Waals surface area contributed by atoms with Crippen molar-refractivity contribution < 1.29 is 9.84 Å². The molecule has 0 radical (unpaired) electrons. The summed E-state index contributed by atoms with van der Waals surface area (Å²) in [4.78, 5) is 5.02. The van der Waals surface area contributed by atoms with E-state index in [2.05, 4.69) is 24.0 Å². The van der Waals surface area contributed by atoms with Crippen molar-refractivity contribution in [1.29, 1.82) is 0 Å². The predicted molar refractivity (Wildman–Crippen MR) is 105 cm³/mol. The lowest BCUT2D eigenvalue weighted by molar-refractivity contribution is -0.0619. The highest BCUT2D eigenvalue weighted by Crippen LogP contribution is 2.29. The van der Waals surface area contributed by atoms with E-state index in [0.717, 1.165) is 47.8 Å². The second-order valence-corrected chi connectivity index (χ2v) is 8.96. The van der Waals surface area contributed by atoms with E-state index in [-0.39, 0.29) is 0 Å². The van der Waals surface area contributed by atoms with E-state index < -0.39 is 5.60 Å². The Morgan fingerprint density at radius 1 is 1.24 bits per heavy atom. The van der Waals surface area contributed by atoms with Gasteiger partial charge < -0.3 is 9.84 Å². The molecule has 0 aliphatic carbocycles. The van der Waals surface area contributed by atoms with Crippen LogP contribution < -0.4 is 4.74 Å². The van der Waals surface area contributed by atoms with Crippen molar-refractivity contribution >= 4 is 22.9 Å². The zero-order chi connectivity index (χ0) is 18.0. The van der Waals surface area contributed by atoms with Crippen LogP contribution in [0.5, 0.6) is 5.75 Å². The lowest BCUT2D eigenvalue weighted by atomic mass is 9.93. The van der Waals surface area contributed by atoms with E-state index in [0.29, 0.717) is 13.2 Å². The molecule has 0 bridgehead atoms. The minimum Gasteiger partial charge on any atom is -0.491 e. The van der Waals surface area contributed by atoms with Crippen LogP contribution in [-0.4, -0.2) is 35.3 Å². The number of aliphatic hydroxyl groups is 1. The zero-order valence-corrected chi connectivity index (χ0v) is 16.7. The fourth-order valence-corrected chi connectivity index (χ4v) is 4.50. The Kier molecular flexibility index (Phi) is 5.74. The van der Waals surface area contributed by atoms with E-state index in [1.54, 1.807) is 0 Å².